The Labute approximate surface area is 187 Å². The molecule has 1 N–H and O–H groups in total. The predicted molar refractivity (Wildman–Crippen MR) is 119 cm³/mol. The van der Waals surface area contributed by atoms with Gasteiger partial charge >= 0.3 is 5.97 Å². The molecule has 2 heterocycles. The molecule has 32 heavy (non-hydrogen) atoms. The van der Waals surface area contributed by atoms with E-state index in [1.165, 1.54) is 6.92 Å². The third-order valence-electron chi connectivity index (χ3n) is 5.49. The van der Waals surface area contributed by atoms with Crippen molar-refractivity contribution in [2.24, 2.45) is 4.99 Å². The van der Waals surface area contributed by atoms with E-state index in [1.54, 1.807) is 7.11 Å². The molecule has 0 radical (unpaired) electrons. The molecule has 2 aromatic rings. The summed E-state index contributed by atoms with van der Waals surface area (Å²) in [7, 11) is 1.61. The normalized spacial score (nSPS) is 16.6. The third kappa shape index (κ3) is 4.54. The summed E-state index contributed by atoms with van der Waals surface area (Å²) < 4.78 is 16.6. The van der Waals surface area contributed by atoms with Crippen molar-refractivity contribution in [3.63, 3.8) is 0 Å². The van der Waals surface area contributed by atoms with Crippen molar-refractivity contribution in [3.05, 3.63) is 53.6 Å². The molecule has 1 amide bonds. The number of hydrogen-bond donors (Lipinski definition) is 1. The molecule has 168 valence electrons. The molecule has 4 rings (SSSR count). The summed E-state index contributed by atoms with van der Waals surface area (Å²) >= 11 is 0. The van der Waals surface area contributed by atoms with Crippen LogP contribution in [0.15, 0.2) is 47.5 Å². The number of unbranched alkanes of at least 4 members (excludes halogenated alkanes) is 2. The number of rotatable bonds is 9. The Kier molecular flexibility index (Phi) is 6.58. The molecule has 1 unspecified atom stereocenters. The average Bonchev–Trinajstić information content (AvgIpc) is 3.11. The fourth-order valence-corrected chi connectivity index (χ4v) is 3.99. The first-order chi connectivity index (χ1) is 15.6. The van der Waals surface area contributed by atoms with Gasteiger partial charge in [0.05, 0.1) is 32.6 Å². The van der Waals surface area contributed by atoms with Gasteiger partial charge in [-0.05, 0) is 37.0 Å². The largest absolute Gasteiger partial charge is 0.492 e. The molecule has 8 nitrogen and oxygen atoms in total. The van der Waals surface area contributed by atoms with Crippen molar-refractivity contribution in [2.75, 3.05) is 20.3 Å². The van der Waals surface area contributed by atoms with E-state index in [0.717, 1.165) is 36.1 Å². The highest BCUT2D eigenvalue weighted by Crippen LogP contribution is 2.43. The van der Waals surface area contributed by atoms with Gasteiger partial charge in [0.25, 0.3) is 5.91 Å². The molecule has 2 aliphatic heterocycles. The van der Waals surface area contributed by atoms with Gasteiger partial charge in [0.15, 0.2) is 11.5 Å². The number of benzene rings is 2. The zero-order valence-corrected chi connectivity index (χ0v) is 18.3. The number of fused-ring (bicyclic) bond motifs is 2. The Morgan fingerprint density at radius 3 is 2.66 bits per heavy atom. The molecule has 0 aromatic heterocycles. The van der Waals surface area contributed by atoms with Gasteiger partial charge in [-0.25, -0.2) is 4.99 Å². The number of hydrogen-bond acceptors (Lipinski definition) is 7. The second-order valence-electron chi connectivity index (χ2n) is 7.71. The lowest BCUT2D eigenvalue weighted by Crippen LogP contribution is -2.33. The Morgan fingerprint density at radius 2 is 1.91 bits per heavy atom. The first kappa shape index (κ1) is 21.7. The molecule has 2 aromatic carbocycles. The molecule has 0 aliphatic carbocycles. The lowest BCUT2D eigenvalue weighted by molar-refractivity contribution is -0.141. The van der Waals surface area contributed by atoms with E-state index in [9.17, 15) is 9.59 Å². The number of ether oxygens (including phenoxy) is 3. The molecule has 0 saturated carbocycles. The van der Waals surface area contributed by atoms with Crippen molar-refractivity contribution in [3.8, 4) is 11.5 Å². The summed E-state index contributed by atoms with van der Waals surface area (Å²) in [5.74, 6) is 1.50. The standard InChI is InChI=1S/C24H27N3O5/c1-16(28)31-13-7-4-8-14-32-20-12-11-19-18(22(20)30-2)15-27-21(17-9-5-3-6-10-17)23(29)26-24(27)25-19/h3,5-6,9-12,21H,4,7-8,13-15H2,1-2H3,(H,25,26,29). The maximum atomic E-state index is 12.7. The number of nitrogens with one attached hydrogen (secondary N) is 1. The summed E-state index contributed by atoms with van der Waals surface area (Å²) in [6.45, 7) is 2.85. The van der Waals surface area contributed by atoms with E-state index in [1.807, 2.05) is 47.4 Å². The number of amides is 1. The maximum absolute atomic E-state index is 12.7. The van der Waals surface area contributed by atoms with Crippen molar-refractivity contribution in [1.29, 1.82) is 0 Å². The van der Waals surface area contributed by atoms with Crippen LogP contribution in [-0.2, 0) is 20.9 Å². The molecular weight excluding hydrogens is 410 g/mol. The molecule has 1 fully saturated rings. The fourth-order valence-electron chi connectivity index (χ4n) is 3.99. The first-order valence-corrected chi connectivity index (χ1v) is 10.8. The van der Waals surface area contributed by atoms with Gasteiger partial charge in [0, 0.05) is 12.5 Å². The lowest BCUT2D eigenvalue weighted by atomic mass is 10.0. The number of aliphatic imine (C=N–C) groups is 1. The number of carbonyl (C=O) groups is 2. The van der Waals surface area contributed by atoms with Gasteiger partial charge < -0.3 is 19.1 Å². The van der Waals surface area contributed by atoms with Crippen LogP contribution in [0.5, 0.6) is 11.5 Å². The van der Waals surface area contributed by atoms with Crippen LogP contribution in [-0.4, -0.2) is 43.1 Å². The Hall–Kier alpha value is -3.55. The summed E-state index contributed by atoms with van der Waals surface area (Å²) in [5.41, 5.74) is 2.57. The van der Waals surface area contributed by atoms with E-state index < -0.39 is 6.04 Å². The summed E-state index contributed by atoms with van der Waals surface area (Å²) in [4.78, 5) is 30.1. The van der Waals surface area contributed by atoms with Gasteiger partial charge in [0.1, 0.15) is 6.04 Å². The summed E-state index contributed by atoms with van der Waals surface area (Å²) in [6.07, 6.45) is 2.54. The number of nitrogens with zero attached hydrogens (tertiary/aromatic N) is 2. The van der Waals surface area contributed by atoms with Gasteiger partial charge in [0.2, 0.25) is 5.96 Å². The molecule has 2 aliphatic rings. The van der Waals surface area contributed by atoms with E-state index in [0.29, 0.717) is 37.2 Å². The molecule has 1 saturated heterocycles. The van der Waals surface area contributed by atoms with Gasteiger partial charge in [-0.3, -0.25) is 14.9 Å². The van der Waals surface area contributed by atoms with Crippen molar-refractivity contribution in [2.45, 2.75) is 38.8 Å². The van der Waals surface area contributed by atoms with Gasteiger partial charge in [-0.15, -0.1) is 0 Å². The van der Waals surface area contributed by atoms with E-state index >= 15 is 0 Å². The number of guanidine groups is 1. The topological polar surface area (TPSA) is 89.5 Å². The SMILES string of the molecule is COc1c(OCCCCCOC(C)=O)ccc2c1CN1C(=N2)NC(=O)C1c1ccccc1. The fraction of sp³-hybridized carbons (Fsp3) is 0.375. The number of carbonyl (C=O) groups excluding carboxylic acids is 2. The lowest BCUT2D eigenvalue weighted by Gasteiger charge is -2.29. The zero-order chi connectivity index (χ0) is 22.5. The molecule has 0 spiro atoms. The van der Waals surface area contributed by atoms with Gasteiger partial charge in [-0.1, -0.05) is 30.3 Å². The minimum absolute atomic E-state index is 0.0908. The van der Waals surface area contributed by atoms with Crippen LogP contribution in [0.4, 0.5) is 5.69 Å². The minimum atomic E-state index is -0.436. The van der Waals surface area contributed by atoms with Crippen LogP contribution in [0.2, 0.25) is 0 Å². The highest BCUT2D eigenvalue weighted by atomic mass is 16.5. The zero-order valence-electron chi connectivity index (χ0n) is 18.3. The second kappa shape index (κ2) is 9.72. The molecule has 8 heteroatoms. The number of esters is 1. The van der Waals surface area contributed by atoms with E-state index in [4.69, 9.17) is 14.2 Å². The van der Waals surface area contributed by atoms with Crippen LogP contribution in [0.25, 0.3) is 0 Å². The van der Waals surface area contributed by atoms with E-state index in [2.05, 4.69) is 10.3 Å². The van der Waals surface area contributed by atoms with Crippen LogP contribution in [0, 0.1) is 0 Å². The highest BCUT2D eigenvalue weighted by Gasteiger charge is 2.41. The molecule has 1 atom stereocenters. The van der Waals surface area contributed by atoms with Crippen LogP contribution in [0.1, 0.15) is 43.4 Å². The highest BCUT2D eigenvalue weighted by molar-refractivity contribution is 6.08. The minimum Gasteiger partial charge on any atom is -0.492 e. The summed E-state index contributed by atoms with van der Waals surface area (Å²) in [6, 6.07) is 13.0. The number of methoxy groups -OCH3 is 1. The summed E-state index contributed by atoms with van der Waals surface area (Å²) in [5, 5.41) is 2.90. The Balaban J connectivity index is 1.46. The monoisotopic (exact) mass is 437 g/mol. The van der Waals surface area contributed by atoms with Crippen LogP contribution < -0.4 is 14.8 Å². The average molecular weight is 437 g/mol. The Bertz CT molecular complexity index is 1020. The Morgan fingerprint density at radius 1 is 1.12 bits per heavy atom. The quantitative estimate of drug-likeness (QED) is 0.477. The second-order valence-corrected chi connectivity index (χ2v) is 7.71. The van der Waals surface area contributed by atoms with Crippen LogP contribution >= 0.6 is 0 Å². The predicted octanol–water partition coefficient (Wildman–Crippen LogP) is 3.48. The molecular formula is C24H27N3O5. The third-order valence-corrected chi connectivity index (χ3v) is 5.49. The smallest absolute Gasteiger partial charge is 0.302 e. The van der Waals surface area contributed by atoms with Crippen molar-refractivity contribution in [1.82, 2.24) is 10.2 Å². The maximum Gasteiger partial charge on any atom is 0.302 e. The van der Waals surface area contributed by atoms with Crippen molar-refractivity contribution < 1.29 is 23.8 Å². The van der Waals surface area contributed by atoms with Crippen molar-refractivity contribution >= 4 is 23.5 Å². The van der Waals surface area contributed by atoms with E-state index in [-0.39, 0.29) is 11.9 Å². The first-order valence-electron chi connectivity index (χ1n) is 10.8. The molecule has 0 bridgehead atoms. The van der Waals surface area contributed by atoms with Gasteiger partial charge in [-0.2, -0.15) is 0 Å². The van der Waals surface area contributed by atoms with Crippen LogP contribution in [0.3, 0.4) is 0 Å².